The van der Waals surface area contributed by atoms with E-state index in [-0.39, 0.29) is 49.2 Å². The van der Waals surface area contributed by atoms with Crippen molar-refractivity contribution in [1.82, 2.24) is 15.5 Å². The van der Waals surface area contributed by atoms with Gasteiger partial charge in [0.2, 0.25) is 6.79 Å². The van der Waals surface area contributed by atoms with Crippen molar-refractivity contribution in [3.05, 3.63) is 17.7 Å². The number of benzene rings is 1. The molecule has 0 radical (unpaired) electrons. The molecule has 3 aliphatic rings. The van der Waals surface area contributed by atoms with Crippen LogP contribution in [-0.2, 0) is 11.3 Å². The number of alkyl halides is 2. The first kappa shape index (κ1) is 24.1. The molecule has 2 unspecified atom stereocenters. The van der Waals surface area contributed by atoms with Gasteiger partial charge in [-0.1, -0.05) is 0 Å². The molecule has 0 amide bonds. The number of ether oxygens (including phenoxy) is 4. The van der Waals surface area contributed by atoms with E-state index in [4.69, 9.17) is 14.2 Å². The van der Waals surface area contributed by atoms with Crippen molar-refractivity contribution in [3.63, 3.8) is 0 Å². The summed E-state index contributed by atoms with van der Waals surface area (Å²) in [5, 5.41) is 6.47. The van der Waals surface area contributed by atoms with E-state index in [0.717, 1.165) is 19.7 Å². The zero-order valence-electron chi connectivity index (χ0n) is 17.4. The number of hydrogen-bond acceptors (Lipinski definition) is 6. The van der Waals surface area contributed by atoms with E-state index in [9.17, 15) is 8.78 Å². The van der Waals surface area contributed by atoms with Crippen LogP contribution in [0, 0.1) is 0 Å². The van der Waals surface area contributed by atoms with Gasteiger partial charge in [0.25, 0.3) is 0 Å². The Hall–Kier alpha value is -1.60. The van der Waals surface area contributed by atoms with Gasteiger partial charge >= 0.3 is 6.61 Å². The zero-order valence-corrected chi connectivity index (χ0v) is 19.8. The average Bonchev–Trinajstić information content (AvgIpc) is 3.37. The summed E-state index contributed by atoms with van der Waals surface area (Å²) in [6, 6.07) is 3.61. The maximum Gasteiger partial charge on any atom is 0.387 e. The van der Waals surface area contributed by atoms with E-state index in [2.05, 4.69) is 25.3 Å². The highest BCUT2D eigenvalue weighted by atomic mass is 127. The van der Waals surface area contributed by atoms with Crippen LogP contribution in [-0.4, -0.2) is 69.2 Å². The van der Waals surface area contributed by atoms with Crippen LogP contribution in [0.2, 0.25) is 0 Å². The van der Waals surface area contributed by atoms with E-state index < -0.39 is 6.61 Å². The number of fused-ring (bicyclic) bond motifs is 2. The van der Waals surface area contributed by atoms with Crippen LogP contribution in [0.15, 0.2) is 17.1 Å². The molecule has 3 heterocycles. The molecular weight excluding hydrogens is 525 g/mol. The molecule has 174 valence electrons. The van der Waals surface area contributed by atoms with Crippen LogP contribution in [0.1, 0.15) is 25.3 Å². The van der Waals surface area contributed by atoms with Gasteiger partial charge in [0.05, 0.1) is 19.3 Å². The summed E-state index contributed by atoms with van der Waals surface area (Å²) < 4.78 is 46.9. The minimum Gasteiger partial charge on any atom is -0.454 e. The van der Waals surface area contributed by atoms with Crippen molar-refractivity contribution >= 4 is 29.9 Å². The number of guanidine groups is 1. The monoisotopic (exact) mass is 554 g/mol. The average molecular weight is 554 g/mol. The molecule has 0 spiro atoms. The summed E-state index contributed by atoms with van der Waals surface area (Å²) in [5.41, 5.74) is 0.491. The van der Waals surface area contributed by atoms with Crippen LogP contribution in [0.5, 0.6) is 17.2 Å². The Labute approximate surface area is 197 Å². The van der Waals surface area contributed by atoms with Gasteiger partial charge in [-0.25, -0.2) is 4.99 Å². The summed E-state index contributed by atoms with van der Waals surface area (Å²) in [5.74, 6) is 1.50. The predicted octanol–water partition coefficient (Wildman–Crippen LogP) is 2.55. The molecular formula is C20H29F2IN4O4. The molecule has 0 saturated carbocycles. The van der Waals surface area contributed by atoms with Crippen molar-refractivity contribution in [2.24, 2.45) is 4.99 Å². The van der Waals surface area contributed by atoms with E-state index in [1.807, 2.05) is 6.92 Å². The topological polar surface area (TPSA) is 76.6 Å². The molecule has 1 aromatic rings. The lowest BCUT2D eigenvalue weighted by Gasteiger charge is -2.35. The summed E-state index contributed by atoms with van der Waals surface area (Å²) in [4.78, 5) is 7.02. The normalized spacial score (nSPS) is 22.8. The lowest BCUT2D eigenvalue weighted by atomic mass is 10.1. The maximum absolute atomic E-state index is 12.8. The van der Waals surface area contributed by atoms with E-state index >= 15 is 0 Å². The molecule has 2 atom stereocenters. The molecule has 11 heteroatoms. The van der Waals surface area contributed by atoms with Gasteiger partial charge in [-0.05, 0) is 32.4 Å². The molecule has 4 rings (SSSR count). The number of hydrogen-bond donors (Lipinski definition) is 2. The van der Waals surface area contributed by atoms with Gasteiger partial charge in [-0.3, -0.25) is 4.90 Å². The highest BCUT2D eigenvalue weighted by Crippen LogP contribution is 2.39. The number of nitrogens with zero attached hydrogens (tertiary/aromatic N) is 2. The lowest BCUT2D eigenvalue weighted by Crippen LogP contribution is -2.51. The number of morpholine rings is 1. The Morgan fingerprint density at radius 2 is 2.10 bits per heavy atom. The fourth-order valence-corrected chi connectivity index (χ4v) is 4.02. The van der Waals surface area contributed by atoms with Gasteiger partial charge in [-0.2, -0.15) is 8.78 Å². The molecule has 31 heavy (non-hydrogen) atoms. The van der Waals surface area contributed by atoms with E-state index in [1.54, 1.807) is 6.07 Å². The van der Waals surface area contributed by atoms with E-state index in [1.165, 1.54) is 18.9 Å². The Balaban J connectivity index is 0.00000272. The molecule has 0 aliphatic carbocycles. The highest BCUT2D eigenvalue weighted by molar-refractivity contribution is 14.0. The molecule has 2 fully saturated rings. The fraction of sp³-hybridized carbons (Fsp3) is 0.650. The van der Waals surface area contributed by atoms with Crippen molar-refractivity contribution in [3.8, 4) is 17.2 Å². The SMILES string of the molecule is CCNC(=NCc1cc2c(cc1OC(F)F)OCO2)NCC1CN2CCCC2CO1.I. The van der Waals surface area contributed by atoms with Crippen molar-refractivity contribution < 1.29 is 27.7 Å². The minimum atomic E-state index is -2.93. The largest absolute Gasteiger partial charge is 0.454 e. The third kappa shape index (κ3) is 6.22. The number of rotatable bonds is 7. The highest BCUT2D eigenvalue weighted by Gasteiger charge is 2.32. The minimum absolute atomic E-state index is 0. The van der Waals surface area contributed by atoms with Gasteiger partial charge in [0.1, 0.15) is 5.75 Å². The van der Waals surface area contributed by atoms with Gasteiger partial charge in [-0.15, -0.1) is 24.0 Å². The zero-order chi connectivity index (χ0) is 20.9. The molecule has 0 aromatic heterocycles. The standard InChI is InChI=1S/C20H28F2N4O4.HI/c1-2-23-20(25-9-15-10-26-5-3-4-14(26)11-27-15)24-8-13-6-17-18(29-12-28-17)7-16(13)30-19(21)22;/h6-7,14-15,19H,2-5,8-12H2,1H3,(H2,23,24,25);1H. The Bertz CT molecular complexity index is 771. The second-order valence-corrected chi connectivity index (χ2v) is 7.51. The first-order chi connectivity index (χ1) is 14.6. The van der Waals surface area contributed by atoms with Crippen molar-refractivity contribution in [2.45, 2.75) is 45.1 Å². The number of aliphatic imine (C=N–C) groups is 1. The summed E-state index contributed by atoms with van der Waals surface area (Å²) >= 11 is 0. The third-order valence-corrected chi connectivity index (χ3v) is 5.48. The summed E-state index contributed by atoms with van der Waals surface area (Å²) in [6.07, 6.45) is 2.53. The van der Waals surface area contributed by atoms with Gasteiger partial charge in [0, 0.05) is 37.3 Å². The first-order valence-electron chi connectivity index (χ1n) is 10.4. The molecule has 0 bridgehead atoms. The Morgan fingerprint density at radius 1 is 1.29 bits per heavy atom. The first-order valence-corrected chi connectivity index (χ1v) is 10.4. The van der Waals surface area contributed by atoms with Crippen LogP contribution in [0.4, 0.5) is 8.78 Å². The van der Waals surface area contributed by atoms with Gasteiger partial charge in [0.15, 0.2) is 17.5 Å². The van der Waals surface area contributed by atoms with Crippen molar-refractivity contribution in [2.75, 3.05) is 39.6 Å². The molecule has 2 saturated heterocycles. The molecule has 2 N–H and O–H groups in total. The van der Waals surface area contributed by atoms with Crippen LogP contribution < -0.4 is 24.8 Å². The molecule has 3 aliphatic heterocycles. The second kappa shape index (κ2) is 11.3. The maximum atomic E-state index is 12.8. The summed E-state index contributed by atoms with van der Waals surface area (Å²) in [7, 11) is 0. The number of halogens is 3. The molecule has 1 aromatic carbocycles. The lowest BCUT2D eigenvalue weighted by molar-refractivity contribution is -0.0505. The van der Waals surface area contributed by atoms with Crippen LogP contribution in [0.3, 0.4) is 0 Å². The second-order valence-electron chi connectivity index (χ2n) is 7.51. The Morgan fingerprint density at radius 3 is 2.87 bits per heavy atom. The smallest absolute Gasteiger partial charge is 0.387 e. The Kier molecular flexibility index (Phi) is 8.78. The van der Waals surface area contributed by atoms with Crippen LogP contribution >= 0.6 is 24.0 Å². The third-order valence-electron chi connectivity index (χ3n) is 5.48. The quantitative estimate of drug-likeness (QED) is 0.305. The van der Waals surface area contributed by atoms with Gasteiger partial charge < -0.3 is 29.6 Å². The van der Waals surface area contributed by atoms with Crippen LogP contribution in [0.25, 0.3) is 0 Å². The molecule has 8 nitrogen and oxygen atoms in total. The predicted molar refractivity (Wildman–Crippen MR) is 122 cm³/mol. The summed E-state index contributed by atoms with van der Waals surface area (Å²) in [6.45, 7) is 3.34. The number of nitrogens with one attached hydrogen (secondary N) is 2. The van der Waals surface area contributed by atoms with E-state index in [0.29, 0.717) is 42.2 Å². The van der Waals surface area contributed by atoms with Crippen molar-refractivity contribution in [1.29, 1.82) is 0 Å². The fourth-order valence-electron chi connectivity index (χ4n) is 4.02.